The Kier molecular flexibility index (Phi) is 5.23. The molecule has 2 rings (SSSR count). The van der Waals surface area contributed by atoms with Crippen LogP contribution in [0.15, 0.2) is 21.1 Å². The second-order valence-electron chi connectivity index (χ2n) is 5.45. The lowest BCUT2D eigenvalue weighted by Crippen LogP contribution is -2.40. The molecule has 0 bridgehead atoms. The molecule has 1 fully saturated rings. The van der Waals surface area contributed by atoms with Crippen LogP contribution in [-0.2, 0) is 9.47 Å². The molecule has 1 aliphatic rings. The Morgan fingerprint density at radius 2 is 1.95 bits per heavy atom. The fourth-order valence-corrected chi connectivity index (χ4v) is 2.93. The van der Waals surface area contributed by atoms with Crippen LogP contribution in [0.25, 0.3) is 0 Å². The Balaban J connectivity index is 1.96. The number of carbonyl (C=O) groups excluding carboxylic acids is 1. The van der Waals surface area contributed by atoms with Crippen LogP contribution in [0.5, 0.6) is 5.75 Å². The van der Waals surface area contributed by atoms with Gasteiger partial charge in [-0.1, -0.05) is 29.8 Å². The van der Waals surface area contributed by atoms with Gasteiger partial charge in [-0.15, -0.1) is 0 Å². The minimum Gasteiger partial charge on any atom is -0.487 e. The van der Waals surface area contributed by atoms with Crippen LogP contribution in [0.4, 0.5) is 0 Å². The lowest BCUT2D eigenvalue weighted by molar-refractivity contribution is -0.231. The molecule has 1 aromatic rings. The lowest BCUT2D eigenvalue weighted by atomic mass is 9.96. The van der Waals surface area contributed by atoms with Crippen LogP contribution in [0.1, 0.15) is 24.2 Å². The fourth-order valence-electron chi connectivity index (χ4n) is 1.73. The summed E-state index contributed by atoms with van der Waals surface area (Å²) in [5.74, 6) is 0.590. The predicted octanol–water partition coefficient (Wildman–Crippen LogP) is 3.80. The van der Waals surface area contributed by atoms with Crippen molar-refractivity contribution in [1.29, 1.82) is 0 Å². The third-order valence-corrected chi connectivity index (χ3v) is 4.18. The van der Waals surface area contributed by atoms with E-state index >= 15 is 0 Å². The first-order chi connectivity index (χ1) is 9.41. The normalized spacial score (nSPS) is 18.8. The van der Waals surface area contributed by atoms with E-state index in [1.54, 1.807) is 12.1 Å². The molecule has 0 atom stereocenters. The zero-order valence-corrected chi connectivity index (χ0v) is 14.5. The lowest BCUT2D eigenvalue weighted by Gasteiger charge is -2.34. The van der Waals surface area contributed by atoms with E-state index in [4.69, 9.17) is 14.2 Å². The highest BCUT2D eigenvalue weighted by Crippen LogP contribution is 2.31. The number of carbonyl (C=O) groups is 1. The van der Waals surface area contributed by atoms with Gasteiger partial charge in [-0.2, -0.15) is 0 Å². The van der Waals surface area contributed by atoms with Gasteiger partial charge in [0.1, 0.15) is 12.4 Å². The summed E-state index contributed by atoms with van der Waals surface area (Å²) in [6.07, 6.45) is 0.401. The predicted molar refractivity (Wildman–Crippen MR) is 82.2 cm³/mol. The molecule has 0 unspecified atom stereocenters. The third-order valence-electron chi connectivity index (χ3n) is 2.87. The summed E-state index contributed by atoms with van der Waals surface area (Å²) in [5.41, 5.74) is 0.578. The monoisotopic (exact) mass is 406 g/mol. The van der Waals surface area contributed by atoms with Crippen molar-refractivity contribution in [1.82, 2.24) is 0 Å². The molecule has 1 saturated heterocycles. The van der Waals surface area contributed by atoms with Gasteiger partial charge in [0.15, 0.2) is 12.6 Å². The van der Waals surface area contributed by atoms with Crippen molar-refractivity contribution in [2.75, 3.05) is 19.8 Å². The molecule has 4 nitrogen and oxygen atoms in total. The van der Waals surface area contributed by atoms with Crippen LogP contribution in [0.2, 0.25) is 0 Å². The van der Waals surface area contributed by atoms with Crippen molar-refractivity contribution in [3.8, 4) is 5.75 Å². The zero-order valence-electron chi connectivity index (χ0n) is 11.3. The first-order valence-corrected chi connectivity index (χ1v) is 7.80. The Morgan fingerprint density at radius 1 is 1.30 bits per heavy atom. The maximum Gasteiger partial charge on any atom is 0.191 e. The molecule has 0 aliphatic carbocycles. The van der Waals surface area contributed by atoms with Crippen LogP contribution >= 0.6 is 31.9 Å². The van der Waals surface area contributed by atoms with Crippen molar-refractivity contribution in [2.45, 2.75) is 20.1 Å². The topological polar surface area (TPSA) is 44.8 Å². The third kappa shape index (κ3) is 4.04. The highest BCUT2D eigenvalue weighted by molar-refractivity contribution is 9.11. The fraction of sp³-hybridized carbons (Fsp3) is 0.500. The van der Waals surface area contributed by atoms with Crippen LogP contribution < -0.4 is 4.74 Å². The van der Waals surface area contributed by atoms with Gasteiger partial charge >= 0.3 is 0 Å². The van der Waals surface area contributed by atoms with E-state index in [1.807, 2.05) is 0 Å². The van der Waals surface area contributed by atoms with E-state index in [2.05, 4.69) is 45.7 Å². The SMILES string of the molecule is CC1(C)COC(COc2cc(C=O)c(Br)cc2Br)OC1. The Hall–Kier alpha value is -0.430. The van der Waals surface area contributed by atoms with E-state index < -0.39 is 0 Å². The number of rotatable bonds is 4. The second kappa shape index (κ2) is 6.56. The summed E-state index contributed by atoms with van der Waals surface area (Å²) < 4.78 is 18.3. The van der Waals surface area contributed by atoms with Crippen molar-refractivity contribution in [2.24, 2.45) is 5.41 Å². The van der Waals surface area contributed by atoms with Gasteiger partial charge in [0, 0.05) is 15.5 Å². The molecule has 0 aromatic heterocycles. The number of benzene rings is 1. The van der Waals surface area contributed by atoms with Crippen molar-refractivity contribution >= 4 is 38.1 Å². The van der Waals surface area contributed by atoms with E-state index in [-0.39, 0.29) is 18.3 Å². The zero-order chi connectivity index (χ0) is 14.8. The maximum absolute atomic E-state index is 10.9. The van der Waals surface area contributed by atoms with Gasteiger partial charge in [-0.25, -0.2) is 0 Å². The molecule has 0 amide bonds. The van der Waals surface area contributed by atoms with E-state index in [0.717, 1.165) is 15.2 Å². The van der Waals surface area contributed by atoms with Crippen molar-refractivity contribution in [3.05, 3.63) is 26.6 Å². The largest absolute Gasteiger partial charge is 0.487 e. The van der Waals surface area contributed by atoms with E-state index in [1.165, 1.54) is 0 Å². The van der Waals surface area contributed by atoms with E-state index in [0.29, 0.717) is 24.5 Å². The van der Waals surface area contributed by atoms with Gasteiger partial charge in [-0.05, 0) is 28.1 Å². The number of ether oxygens (including phenoxy) is 3. The molecule has 0 N–H and O–H groups in total. The summed E-state index contributed by atoms with van der Waals surface area (Å²) in [6, 6.07) is 3.46. The van der Waals surface area contributed by atoms with Gasteiger partial charge in [0.2, 0.25) is 0 Å². The summed E-state index contributed by atoms with van der Waals surface area (Å²) in [5, 5.41) is 0. The first kappa shape index (κ1) is 15.9. The van der Waals surface area contributed by atoms with Crippen molar-refractivity contribution < 1.29 is 19.0 Å². The van der Waals surface area contributed by atoms with Crippen LogP contribution in [-0.4, -0.2) is 32.4 Å². The molecular weight excluding hydrogens is 392 g/mol. The first-order valence-electron chi connectivity index (χ1n) is 6.21. The van der Waals surface area contributed by atoms with Crippen molar-refractivity contribution in [3.63, 3.8) is 0 Å². The molecule has 20 heavy (non-hydrogen) atoms. The summed E-state index contributed by atoms with van der Waals surface area (Å²) in [7, 11) is 0. The second-order valence-corrected chi connectivity index (χ2v) is 7.16. The number of hydrogen-bond acceptors (Lipinski definition) is 4. The highest BCUT2D eigenvalue weighted by Gasteiger charge is 2.28. The molecule has 110 valence electrons. The molecule has 0 spiro atoms. The molecule has 1 aromatic carbocycles. The smallest absolute Gasteiger partial charge is 0.191 e. The highest BCUT2D eigenvalue weighted by atomic mass is 79.9. The average Bonchev–Trinajstić information content (AvgIpc) is 2.39. The Bertz CT molecular complexity index is 492. The number of hydrogen-bond donors (Lipinski definition) is 0. The van der Waals surface area contributed by atoms with E-state index in [9.17, 15) is 4.79 Å². The van der Waals surface area contributed by atoms with Gasteiger partial charge in [0.05, 0.1) is 17.7 Å². The van der Waals surface area contributed by atoms with Crippen LogP contribution in [0, 0.1) is 5.41 Å². The van der Waals surface area contributed by atoms with Gasteiger partial charge < -0.3 is 14.2 Å². The molecule has 1 heterocycles. The average molecular weight is 408 g/mol. The maximum atomic E-state index is 10.9. The number of aldehydes is 1. The number of halogens is 2. The summed E-state index contributed by atoms with van der Waals surface area (Å²) in [6.45, 7) is 5.75. The molecule has 1 aliphatic heterocycles. The standard InChI is InChI=1S/C14H16Br2O4/c1-14(2)7-19-13(20-8-14)6-18-12-3-9(5-17)10(15)4-11(12)16/h3-5,13H,6-8H2,1-2H3. The molecular formula is C14H16Br2O4. The van der Waals surface area contributed by atoms with Gasteiger partial charge in [-0.3, -0.25) is 4.79 Å². The van der Waals surface area contributed by atoms with Gasteiger partial charge in [0.25, 0.3) is 0 Å². The molecule has 6 heteroatoms. The summed E-state index contributed by atoms with van der Waals surface area (Å²) >= 11 is 6.72. The van der Waals surface area contributed by atoms with Crippen LogP contribution in [0.3, 0.4) is 0 Å². The quantitative estimate of drug-likeness (QED) is 0.712. The summed E-state index contributed by atoms with van der Waals surface area (Å²) in [4.78, 5) is 10.9. The molecule has 0 saturated carbocycles. The minimum absolute atomic E-state index is 0.0411. The molecule has 0 radical (unpaired) electrons. The Labute approximate surface area is 135 Å². The Morgan fingerprint density at radius 3 is 2.55 bits per heavy atom. The minimum atomic E-state index is -0.377.